The molecule has 0 radical (unpaired) electrons. The van der Waals surface area contributed by atoms with E-state index in [0.29, 0.717) is 18.1 Å². The summed E-state index contributed by atoms with van der Waals surface area (Å²) in [6, 6.07) is 26.8. The summed E-state index contributed by atoms with van der Waals surface area (Å²) in [5.74, 6) is 0.297. The van der Waals surface area contributed by atoms with Gasteiger partial charge < -0.3 is 26.0 Å². The van der Waals surface area contributed by atoms with Gasteiger partial charge in [-0.1, -0.05) is 42.5 Å². The second-order valence-corrected chi connectivity index (χ2v) is 8.90. The number of nitrogens with one attached hydrogen (secondary N) is 2. The highest BCUT2D eigenvalue weighted by Crippen LogP contribution is 2.23. The normalized spacial score (nSPS) is 14.1. The number of anilines is 4. The Hall–Kier alpha value is -4.27. The Morgan fingerprint density at radius 2 is 1.62 bits per heavy atom. The number of benzene rings is 3. The van der Waals surface area contributed by atoms with Crippen LogP contribution in [0, 0.1) is 0 Å². The van der Waals surface area contributed by atoms with Gasteiger partial charge in [0.05, 0.1) is 24.9 Å². The van der Waals surface area contributed by atoms with Crippen LogP contribution in [0.2, 0.25) is 0 Å². The number of rotatable bonds is 8. The SMILES string of the molecule is N[C@@H](Cc1ccccc1)C(=O)Nc1ccc(-c2ccnc(Nc3ccc(N4CCOCC4)cc3)n2)cc1. The van der Waals surface area contributed by atoms with E-state index in [0.717, 1.165) is 48.8 Å². The summed E-state index contributed by atoms with van der Waals surface area (Å²) in [6.07, 6.45) is 2.21. The van der Waals surface area contributed by atoms with E-state index in [-0.39, 0.29) is 5.91 Å². The molecule has 0 spiro atoms. The second-order valence-electron chi connectivity index (χ2n) is 8.90. The van der Waals surface area contributed by atoms with E-state index < -0.39 is 6.04 Å². The van der Waals surface area contributed by atoms with Gasteiger partial charge in [0, 0.05) is 41.9 Å². The highest BCUT2D eigenvalue weighted by molar-refractivity contribution is 5.95. The van der Waals surface area contributed by atoms with E-state index in [4.69, 9.17) is 10.5 Å². The Labute approximate surface area is 216 Å². The predicted molar refractivity (Wildman–Crippen MR) is 147 cm³/mol. The number of hydrogen-bond acceptors (Lipinski definition) is 7. The van der Waals surface area contributed by atoms with E-state index in [1.807, 2.05) is 72.8 Å². The van der Waals surface area contributed by atoms with Crippen molar-refractivity contribution in [3.05, 3.63) is 96.7 Å². The minimum Gasteiger partial charge on any atom is -0.378 e. The van der Waals surface area contributed by atoms with Gasteiger partial charge in [0.2, 0.25) is 11.9 Å². The van der Waals surface area contributed by atoms with Crippen molar-refractivity contribution in [3.8, 4) is 11.3 Å². The van der Waals surface area contributed by atoms with Crippen molar-refractivity contribution in [2.24, 2.45) is 5.73 Å². The number of nitrogens with zero attached hydrogens (tertiary/aromatic N) is 3. The highest BCUT2D eigenvalue weighted by atomic mass is 16.5. The third kappa shape index (κ3) is 6.49. The van der Waals surface area contributed by atoms with Crippen LogP contribution in [0.15, 0.2) is 91.1 Å². The van der Waals surface area contributed by atoms with E-state index in [1.54, 1.807) is 6.20 Å². The lowest BCUT2D eigenvalue weighted by molar-refractivity contribution is -0.117. The van der Waals surface area contributed by atoms with Crippen molar-refractivity contribution < 1.29 is 9.53 Å². The molecular weight excluding hydrogens is 464 g/mol. The lowest BCUT2D eigenvalue weighted by atomic mass is 10.1. The summed E-state index contributed by atoms with van der Waals surface area (Å²) in [6.45, 7) is 3.33. The molecule has 0 bridgehead atoms. The molecule has 3 aromatic carbocycles. The van der Waals surface area contributed by atoms with Crippen molar-refractivity contribution in [2.75, 3.05) is 41.8 Å². The molecule has 2 heterocycles. The summed E-state index contributed by atoms with van der Waals surface area (Å²) in [5, 5.41) is 6.17. The van der Waals surface area contributed by atoms with E-state index >= 15 is 0 Å². The number of morpholine rings is 1. The fourth-order valence-electron chi connectivity index (χ4n) is 4.21. The van der Waals surface area contributed by atoms with Crippen LogP contribution in [0.3, 0.4) is 0 Å². The maximum Gasteiger partial charge on any atom is 0.241 e. The smallest absolute Gasteiger partial charge is 0.241 e. The predicted octanol–water partition coefficient (Wildman–Crippen LogP) is 4.23. The summed E-state index contributed by atoms with van der Waals surface area (Å²) in [7, 11) is 0. The van der Waals surface area contributed by atoms with Crippen LogP contribution < -0.4 is 21.3 Å². The molecule has 0 unspecified atom stereocenters. The zero-order valence-corrected chi connectivity index (χ0v) is 20.5. The Morgan fingerprint density at radius 3 is 2.35 bits per heavy atom. The third-order valence-electron chi connectivity index (χ3n) is 6.24. The molecule has 1 fully saturated rings. The summed E-state index contributed by atoms with van der Waals surface area (Å²) < 4.78 is 5.43. The molecule has 8 heteroatoms. The molecule has 37 heavy (non-hydrogen) atoms. The number of carbonyl (C=O) groups is 1. The summed E-state index contributed by atoms with van der Waals surface area (Å²) in [4.78, 5) is 23.9. The summed E-state index contributed by atoms with van der Waals surface area (Å²) >= 11 is 0. The Bertz CT molecular complexity index is 1310. The molecule has 4 aromatic rings. The van der Waals surface area contributed by atoms with Gasteiger partial charge in [-0.15, -0.1) is 0 Å². The van der Waals surface area contributed by atoms with Crippen LogP contribution >= 0.6 is 0 Å². The molecule has 8 nitrogen and oxygen atoms in total. The van der Waals surface area contributed by atoms with Gasteiger partial charge in [0.15, 0.2) is 0 Å². The van der Waals surface area contributed by atoms with Crippen molar-refractivity contribution in [3.63, 3.8) is 0 Å². The zero-order chi connectivity index (χ0) is 25.5. The molecule has 1 aromatic heterocycles. The molecule has 1 aliphatic heterocycles. The van der Waals surface area contributed by atoms with Crippen LogP contribution in [-0.4, -0.2) is 48.2 Å². The van der Waals surface area contributed by atoms with E-state index in [9.17, 15) is 4.79 Å². The number of nitrogens with two attached hydrogens (primary N) is 1. The molecule has 1 aliphatic rings. The molecular formula is C29H30N6O2. The lowest BCUT2D eigenvalue weighted by Crippen LogP contribution is -2.37. The van der Waals surface area contributed by atoms with Gasteiger partial charge in [0.25, 0.3) is 0 Å². The van der Waals surface area contributed by atoms with Gasteiger partial charge in [-0.3, -0.25) is 4.79 Å². The topological polar surface area (TPSA) is 105 Å². The zero-order valence-electron chi connectivity index (χ0n) is 20.5. The Morgan fingerprint density at radius 1 is 0.919 bits per heavy atom. The monoisotopic (exact) mass is 494 g/mol. The number of hydrogen-bond donors (Lipinski definition) is 3. The number of carbonyl (C=O) groups excluding carboxylic acids is 1. The minimum absolute atomic E-state index is 0.218. The van der Waals surface area contributed by atoms with Gasteiger partial charge >= 0.3 is 0 Å². The fourth-order valence-corrected chi connectivity index (χ4v) is 4.21. The highest BCUT2D eigenvalue weighted by Gasteiger charge is 2.15. The first-order valence-corrected chi connectivity index (χ1v) is 12.4. The van der Waals surface area contributed by atoms with E-state index in [1.165, 1.54) is 5.69 Å². The van der Waals surface area contributed by atoms with Gasteiger partial charge in [-0.05, 0) is 54.4 Å². The standard InChI is InChI=1S/C29H30N6O2/c30-26(20-21-4-2-1-3-5-21)28(36)32-23-8-6-22(7-9-23)27-14-15-31-29(34-27)33-24-10-12-25(13-11-24)35-16-18-37-19-17-35/h1-15,26H,16-20,30H2,(H,32,36)(H,31,33,34)/t26-/m0/s1. The first kappa shape index (κ1) is 24.4. The molecule has 0 saturated carbocycles. The van der Waals surface area contributed by atoms with Crippen molar-refractivity contribution in [2.45, 2.75) is 12.5 Å². The van der Waals surface area contributed by atoms with Crippen LogP contribution in [0.4, 0.5) is 23.0 Å². The number of ether oxygens (including phenoxy) is 1. The molecule has 1 atom stereocenters. The van der Waals surface area contributed by atoms with Crippen LogP contribution in [0.5, 0.6) is 0 Å². The van der Waals surface area contributed by atoms with Crippen LogP contribution in [0.1, 0.15) is 5.56 Å². The van der Waals surface area contributed by atoms with Gasteiger partial charge in [-0.2, -0.15) is 0 Å². The average Bonchev–Trinajstić information content (AvgIpc) is 2.95. The lowest BCUT2D eigenvalue weighted by Gasteiger charge is -2.28. The molecule has 1 saturated heterocycles. The van der Waals surface area contributed by atoms with Crippen molar-refractivity contribution in [1.29, 1.82) is 0 Å². The maximum atomic E-state index is 12.5. The van der Waals surface area contributed by atoms with Crippen LogP contribution in [-0.2, 0) is 16.0 Å². The fraction of sp³-hybridized carbons (Fsp3) is 0.207. The number of amides is 1. The molecule has 188 valence electrons. The quantitative estimate of drug-likeness (QED) is 0.337. The number of aromatic nitrogens is 2. The third-order valence-corrected chi connectivity index (χ3v) is 6.24. The van der Waals surface area contributed by atoms with Gasteiger partial charge in [0.1, 0.15) is 0 Å². The largest absolute Gasteiger partial charge is 0.378 e. The van der Waals surface area contributed by atoms with Crippen molar-refractivity contribution >= 4 is 28.9 Å². The minimum atomic E-state index is -0.625. The maximum absolute atomic E-state index is 12.5. The Balaban J connectivity index is 1.19. The van der Waals surface area contributed by atoms with Gasteiger partial charge in [-0.25, -0.2) is 9.97 Å². The first-order chi connectivity index (χ1) is 18.1. The summed E-state index contributed by atoms with van der Waals surface area (Å²) in [5.41, 5.74) is 11.6. The molecule has 5 rings (SSSR count). The Kier molecular flexibility index (Phi) is 7.69. The second kappa shape index (κ2) is 11.6. The van der Waals surface area contributed by atoms with Crippen LogP contribution in [0.25, 0.3) is 11.3 Å². The molecule has 1 amide bonds. The molecule has 4 N–H and O–H groups in total. The van der Waals surface area contributed by atoms with Crippen molar-refractivity contribution in [1.82, 2.24) is 9.97 Å². The van der Waals surface area contributed by atoms with E-state index in [2.05, 4.69) is 37.6 Å². The molecule has 0 aliphatic carbocycles. The first-order valence-electron chi connectivity index (χ1n) is 12.4. The average molecular weight is 495 g/mol.